The molecule has 6 heteroatoms. The van der Waals surface area contributed by atoms with Crippen molar-refractivity contribution >= 4 is 6.09 Å². The quantitative estimate of drug-likeness (QED) is 0.641. The maximum absolute atomic E-state index is 11.8. The Morgan fingerprint density at radius 2 is 1.68 bits per heavy atom. The highest BCUT2D eigenvalue weighted by atomic mass is 16.6. The van der Waals surface area contributed by atoms with Gasteiger partial charge in [0.25, 0.3) is 0 Å². The van der Waals surface area contributed by atoms with Crippen molar-refractivity contribution in [3.05, 3.63) is 0 Å². The summed E-state index contributed by atoms with van der Waals surface area (Å²) in [5.41, 5.74) is 5.01. The van der Waals surface area contributed by atoms with Crippen LogP contribution in [0.2, 0.25) is 0 Å². The molecule has 0 radical (unpaired) electrons. The van der Waals surface area contributed by atoms with E-state index in [0.29, 0.717) is 46.1 Å². The van der Waals surface area contributed by atoms with Gasteiger partial charge in [-0.15, -0.1) is 0 Å². The maximum atomic E-state index is 11.8. The van der Waals surface area contributed by atoms with Gasteiger partial charge in [-0.1, -0.05) is 0 Å². The fraction of sp³-hybridized carbons (Fsp3) is 0.923. The number of nitrogens with zero attached hydrogens (tertiary/aromatic N) is 1. The van der Waals surface area contributed by atoms with Crippen molar-refractivity contribution < 1.29 is 19.0 Å². The highest BCUT2D eigenvalue weighted by Gasteiger charge is 2.26. The number of ether oxygens (including phenoxy) is 3. The molecule has 0 fully saturated rings. The summed E-state index contributed by atoms with van der Waals surface area (Å²) in [5, 5.41) is 0. The molecule has 6 nitrogen and oxygen atoms in total. The fourth-order valence-electron chi connectivity index (χ4n) is 1.46. The first-order valence-corrected chi connectivity index (χ1v) is 6.73. The number of rotatable bonds is 9. The molecule has 0 atom stereocenters. The van der Waals surface area contributed by atoms with Gasteiger partial charge in [0.05, 0.1) is 33.0 Å². The molecule has 114 valence electrons. The van der Waals surface area contributed by atoms with Crippen LogP contribution in [0.3, 0.4) is 0 Å². The Morgan fingerprint density at radius 1 is 1.11 bits per heavy atom. The van der Waals surface area contributed by atoms with Gasteiger partial charge in [0, 0.05) is 18.6 Å². The molecule has 0 aromatic rings. The third kappa shape index (κ3) is 8.80. The third-order valence-electron chi connectivity index (χ3n) is 2.39. The number of carbonyl (C=O) groups is 1. The van der Waals surface area contributed by atoms with Gasteiger partial charge in [0.15, 0.2) is 0 Å². The summed E-state index contributed by atoms with van der Waals surface area (Å²) in [7, 11) is 0. The highest BCUT2D eigenvalue weighted by Crippen LogP contribution is 2.14. The summed E-state index contributed by atoms with van der Waals surface area (Å²) in [6.45, 7) is 11.1. The second-order valence-corrected chi connectivity index (χ2v) is 5.03. The molecule has 0 rings (SSSR count). The van der Waals surface area contributed by atoms with Crippen LogP contribution in [0.1, 0.15) is 27.7 Å². The molecular weight excluding hydrogens is 248 g/mol. The SMILES string of the molecule is CCOC(=O)N(CCOCCOCCN)C(C)(C)C. The molecule has 0 aliphatic rings. The molecule has 0 bridgehead atoms. The Labute approximate surface area is 116 Å². The van der Waals surface area contributed by atoms with Crippen molar-refractivity contribution in [2.75, 3.05) is 46.1 Å². The lowest BCUT2D eigenvalue weighted by Gasteiger charge is -2.34. The van der Waals surface area contributed by atoms with E-state index in [0.717, 1.165) is 0 Å². The predicted molar refractivity (Wildman–Crippen MR) is 74.2 cm³/mol. The minimum atomic E-state index is -0.307. The van der Waals surface area contributed by atoms with Gasteiger partial charge >= 0.3 is 6.09 Å². The molecule has 0 aromatic carbocycles. The normalized spacial score (nSPS) is 11.4. The lowest BCUT2D eigenvalue weighted by Crippen LogP contribution is -2.47. The van der Waals surface area contributed by atoms with Gasteiger partial charge < -0.3 is 24.8 Å². The smallest absolute Gasteiger partial charge is 0.410 e. The van der Waals surface area contributed by atoms with Crippen LogP contribution < -0.4 is 5.73 Å². The summed E-state index contributed by atoms with van der Waals surface area (Å²) in [6, 6.07) is 0. The molecule has 0 aromatic heterocycles. The lowest BCUT2D eigenvalue weighted by atomic mass is 10.1. The van der Waals surface area contributed by atoms with E-state index in [1.165, 1.54) is 0 Å². The van der Waals surface area contributed by atoms with Crippen LogP contribution in [0.15, 0.2) is 0 Å². The largest absolute Gasteiger partial charge is 0.450 e. The van der Waals surface area contributed by atoms with E-state index < -0.39 is 0 Å². The van der Waals surface area contributed by atoms with E-state index in [9.17, 15) is 4.79 Å². The minimum Gasteiger partial charge on any atom is -0.450 e. The Bertz CT molecular complexity index is 241. The Balaban J connectivity index is 3.91. The monoisotopic (exact) mass is 276 g/mol. The molecule has 1 amide bonds. The Kier molecular flexibility index (Phi) is 9.55. The van der Waals surface area contributed by atoms with Crippen LogP contribution in [0.5, 0.6) is 0 Å². The van der Waals surface area contributed by atoms with Crippen LogP contribution >= 0.6 is 0 Å². The van der Waals surface area contributed by atoms with Crippen LogP contribution in [-0.4, -0.2) is 62.7 Å². The standard InChI is InChI=1S/C13H28N2O4/c1-5-19-12(16)15(13(2,3)4)7-9-18-11-10-17-8-6-14/h5-11,14H2,1-4H3. The van der Waals surface area contributed by atoms with Gasteiger partial charge in [0.1, 0.15) is 0 Å². The Morgan fingerprint density at radius 3 is 2.16 bits per heavy atom. The fourth-order valence-corrected chi connectivity index (χ4v) is 1.46. The zero-order valence-corrected chi connectivity index (χ0v) is 12.6. The van der Waals surface area contributed by atoms with Crippen LogP contribution in [0, 0.1) is 0 Å². The molecule has 0 heterocycles. The molecule has 0 spiro atoms. The van der Waals surface area contributed by atoms with E-state index in [4.69, 9.17) is 19.9 Å². The second-order valence-electron chi connectivity index (χ2n) is 5.03. The van der Waals surface area contributed by atoms with Crippen LogP contribution in [-0.2, 0) is 14.2 Å². The second kappa shape index (κ2) is 10.00. The summed E-state index contributed by atoms with van der Waals surface area (Å²) in [5.74, 6) is 0. The van der Waals surface area contributed by atoms with Gasteiger partial charge in [-0.05, 0) is 27.7 Å². The molecule has 2 N–H and O–H groups in total. The van der Waals surface area contributed by atoms with Crippen molar-refractivity contribution in [2.24, 2.45) is 5.73 Å². The van der Waals surface area contributed by atoms with Crippen LogP contribution in [0.25, 0.3) is 0 Å². The summed E-state index contributed by atoms with van der Waals surface area (Å²) < 4.78 is 15.6. The number of nitrogens with two attached hydrogens (primary N) is 1. The number of hydrogen-bond acceptors (Lipinski definition) is 5. The topological polar surface area (TPSA) is 74.0 Å². The first-order valence-electron chi connectivity index (χ1n) is 6.73. The number of hydrogen-bond donors (Lipinski definition) is 1. The van der Waals surface area contributed by atoms with Gasteiger partial charge in [-0.3, -0.25) is 0 Å². The zero-order valence-electron chi connectivity index (χ0n) is 12.6. The first-order chi connectivity index (χ1) is 8.93. The van der Waals surface area contributed by atoms with Crippen molar-refractivity contribution in [3.8, 4) is 0 Å². The summed E-state index contributed by atoms with van der Waals surface area (Å²) in [6.07, 6.45) is -0.307. The van der Waals surface area contributed by atoms with Crippen molar-refractivity contribution in [1.82, 2.24) is 4.90 Å². The third-order valence-corrected chi connectivity index (χ3v) is 2.39. The molecule has 19 heavy (non-hydrogen) atoms. The summed E-state index contributed by atoms with van der Waals surface area (Å²) in [4.78, 5) is 13.5. The highest BCUT2D eigenvalue weighted by molar-refractivity contribution is 5.68. The predicted octanol–water partition coefficient (Wildman–Crippen LogP) is 1.24. The average Bonchev–Trinajstić information content (AvgIpc) is 2.31. The Hall–Kier alpha value is -0.850. The van der Waals surface area contributed by atoms with E-state index in [-0.39, 0.29) is 11.6 Å². The summed E-state index contributed by atoms with van der Waals surface area (Å²) >= 11 is 0. The van der Waals surface area contributed by atoms with Crippen molar-refractivity contribution in [1.29, 1.82) is 0 Å². The van der Waals surface area contributed by atoms with Gasteiger partial charge in [-0.2, -0.15) is 0 Å². The molecule has 0 saturated heterocycles. The van der Waals surface area contributed by atoms with E-state index in [1.54, 1.807) is 11.8 Å². The maximum Gasteiger partial charge on any atom is 0.410 e. The minimum absolute atomic E-state index is 0.286. The average molecular weight is 276 g/mol. The zero-order chi connectivity index (χ0) is 14.7. The molecule has 0 saturated carbocycles. The number of carbonyl (C=O) groups excluding carboxylic acids is 1. The molecule has 0 aliphatic carbocycles. The van der Waals surface area contributed by atoms with Gasteiger partial charge in [-0.25, -0.2) is 4.79 Å². The lowest BCUT2D eigenvalue weighted by molar-refractivity contribution is 0.0228. The van der Waals surface area contributed by atoms with E-state index in [1.807, 2.05) is 20.8 Å². The van der Waals surface area contributed by atoms with Gasteiger partial charge in [0.2, 0.25) is 0 Å². The van der Waals surface area contributed by atoms with E-state index in [2.05, 4.69) is 0 Å². The first kappa shape index (κ1) is 18.1. The molecule has 0 aliphatic heterocycles. The molecular formula is C13H28N2O4. The molecule has 0 unspecified atom stereocenters. The van der Waals surface area contributed by atoms with E-state index >= 15 is 0 Å². The van der Waals surface area contributed by atoms with Crippen LogP contribution in [0.4, 0.5) is 4.79 Å². The number of amides is 1. The van der Waals surface area contributed by atoms with Crippen molar-refractivity contribution in [2.45, 2.75) is 33.2 Å². The van der Waals surface area contributed by atoms with Crippen molar-refractivity contribution in [3.63, 3.8) is 0 Å².